The third-order valence-electron chi connectivity index (χ3n) is 3.97. The van der Waals surface area contributed by atoms with Gasteiger partial charge in [-0.25, -0.2) is 0 Å². The van der Waals surface area contributed by atoms with E-state index in [0.717, 1.165) is 30.1 Å². The van der Waals surface area contributed by atoms with Crippen LogP contribution in [-0.4, -0.2) is 36.9 Å². The first-order valence-electron chi connectivity index (χ1n) is 7.54. The highest BCUT2D eigenvalue weighted by Gasteiger charge is 2.20. The summed E-state index contributed by atoms with van der Waals surface area (Å²) in [5, 5.41) is 0. The zero-order chi connectivity index (χ0) is 14.4. The van der Waals surface area contributed by atoms with Crippen LogP contribution in [0.25, 0.3) is 0 Å². The highest BCUT2D eigenvalue weighted by atomic mass is 32.2. The Kier molecular flexibility index (Phi) is 6.20. The lowest BCUT2D eigenvalue weighted by atomic mass is 10.1. The van der Waals surface area contributed by atoms with Gasteiger partial charge < -0.3 is 15.4 Å². The standard InChI is InChI=1S/C16H26N2OS/c1-3-20-16-8-4-7-15(14(16)12-17)19-11-9-13-6-5-10-18(13)2/h4,7-8,13H,3,5-6,9-12,17H2,1-2H3. The molecule has 0 radical (unpaired) electrons. The molecule has 0 amide bonds. The molecule has 4 heteroatoms. The molecule has 0 spiro atoms. The normalized spacial score (nSPS) is 19.4. The first-order chi connectivity index (χ1) is 9.76. The quantitative estimate of drug-likeness (QED) is 0.784. The number of nitrogens with two attached hydrogens (primary N) is 1. The molecule has 0 aromatic heterocycles. The van der Waals surface area contributed by atoms with Crippen LogP contribution < -0.4 is 10.5 Å². The Hall–Kier alpha value is -0.710. The maximum atomic E-state index is 6.01. The molecule has 1 aliphatic heterocycles. The second kappa shape index (κ2) is 7.91. The molecule has 3 nitrogen and oxygen atoms in total. The minimum atomic E-state index is 0.543. The summed E-state index contributed by atoms with van der Waals surface area (Å²) in [5.41, 5.74) is 7.05. The average Bonchev–Trinajstić information content (AvgIpc) is 2.85. The van der Waals surface area contributed by atoms with Gasteiger partial charge in [0.15, 0.2) is 0 Å². The van der Waals surface area contributed by atoms with Gasteiger partial charge in [0.25, 0.3) is 0 Å². The third kappa shape index (κ3) is 3.90. The van der Waals surface area contributed by atoms with E-state index in [2.05, 4.69) is 31.0 Å². The van der Waals surface area contributed by atoms with Gasteiger partial charge in [0.1, 0.15) is 5.75 Å². The van der Waals surface area contributed by atoms with Gasteiger partial charge in [0.05, 0.1) is 6.61 Å². The monoisotopic (exact) mass is 294 g/mol. The average molecular weight is 294 g/mol. The summed E-state index contributed by atoms with van der Waals surface area (Å²) in [6.07, 6.45) is 3.72. The van der Waals surface area contributed by atoms with E-state index in [1.165, 1.54) is 24.3 Å². The smallest absolute Gasteiger partial charge is 0.124 e. The molecular formula is C16H26N2OS. The summed E-state index contributed by atoms with van der Waals surface area (Å²) in [6.45, 7) is 4.71. The van der Waals surface area contributed by atoms with Gasteiger partial charge in [0.2, 0.25) is 0 Å². The highest BCUT2D eigenvalue weighted by molar-refractivity contribution is 7.99. The lowest BCUT2D eigenvalue weighted by Gasteiger charge is -2.20. The van der Waals surface area contributed by atoms with Crippen LogP contribution in [0.2, 0.25) is 0 Å². The highest BCUT2D eigenvalue weighted by Crippen LogP contribution is 2.30. The summed E-state index contributed by atoms with van der Waals surface area (Å²) >= 11 is 1.83. The van der Waals surface area contributed by atoms with E-state index in [0.29, 0.717) is 12.6 Å². The zero-order valence-corrected chi connectivity index (χ0v) is 13.4. The fourth-order valence-electron chi connectivity index (χ4n) is 2.82. The number of rotatable bonds is 7. The molecule has 1 unspecified atom stereocenters. The molecular weight excluding hydrogens is 268 g/mol. The van der Waals surface area contributed by atoms with Crippen LogP contribution in [0.4, 0.5) is 0 Å². The molecule has 2 rings (SSSR count). The summed E-state index contributed by atoms with van der Waals surface area (Å²) in [6, 6.07) is 6.92. The summed E-state index contributed by atoms with van der Waals surface area (Å²) < 4.78 is 6.01. The van der Waals surface area contributed by atoms with E-state index in [9.17, 15) is 0 Å². The third-order valence-corrected chi connectivity index (χ3v) is 4.96. The number of likely N-dealkylation sites (tertiary alicyclic amines) is 1. The van der Waals surface area contributed by atoms with Gasteiger partial charge in [-0.05, 0) is 50.7 Å². The predicted molar refractivity (Wildman–Crippen MR) is 86.5 cm³/mol. The Morgan fingerprint density at radius 1 is 1.45 bits per heavy atom. The lowest BCUT2D eigenvalue weighted by Crippen LogP contribution is -2.26. The van der Waals surface area contributed by atoms with Crippen molar-refractivity contribution >= 4 is 11.8 Å². The molecule has 112 valence electrons. The van der Waals surface area contributed by atoms with Crippen molar-refractivity contribution in [2.75, 3.05) is 26.0 Å². The maximum absolute atomic E-state index is 6.01. The maximum Gasteiger partial charge on any atom is 0.124 e. The van der Waals surface area contributed by atoms with Crippen LogP contribution in [0, 0.1) is 0 Å². The number of ether oxygens (including phenoxy) is 1. The minimum Gasteiger partial charge on any atom is -0.493 e. The van der Waals surface area contributed by atoms with Crippen molar-refractivity contribution in [1.29, 1.82) is 0 Å². The van der Waals surface area contributed by atoms with Gasteiger partial charge in [-0.3, -0.25) is 0 Å². The van der Waals surface area contributed by atoms with E-state index in [-0.39, 0.29) is 0 Å². The molecule has 2 N–H and O–H groups in total. The molecule has 1 aliphatic rings. The Labute approximate surface area is 126 Å². The van der Waals surface area contributed by atoms with Crippen LogP contribution in [0.5, 0.6) is 5.75 Å². The summed E-state index contributed by atoms with van der Waals surface area (Å²) in [4.78, 5) is 3.70. The molecule has 0 saturated carbocycles. The van der Waals surface area contributed by atoms with Gasteiger partial charge in [-0.1, -0.05) is 13.0 Å². The van der Waals surface area contributed by atoms with Crippen molar-refractivity contribution in [3.63, 3.8) is 0 Å². The molecule has 1 aromatic carbocycles. The summed E-state index contributed by atoms with van der Waals surface area (Å²) in [5.74, 6) is 2.02. The Bertz CT molecular complexity index is 425. The topological polar surface area (TPSA) is 38.5 Å². The fraction of sp³-hybridized carbons (Fsp3) is 0.625. The second-order valence-electron chi connectivity index (χ2n) is 5.28. The van der Waals surface area contributed by atoms with E-state index in [1.807, 2.05) is 17.8 Å². The lowest BCUT2D eigenvalue weighted by molar-refractivity contribution is 0.232. The molecule has 1 heterocycles. The van der Waals surface area contributed by atoms with E-state index in [1.54, 1.807) is 0 Å². The number of nitrogens with zero attached hydrogens (tertiary/aromatic N) is 1. The first-order valence-corrected chi connectivity index (χ1v) is 8.52. The minimum absolute atomic E-state index is 0.543. The zero-order valence-electron chi connectivity index (χ0n) is 12.6. The number of benzene rings is 1. The van der Waals surface area contributed by atoms with Gasteiger partial charge in [-0.2, -0.15) is 0 Å². The van der Waals surface area contributed by atoms with Crippen LogP contribution in [0.1, 0.15) is 31.7 Å². The Morgan fingerprint density at radius 3 is 2.95 bits per heavy atom. The SMILES string of the molecule is CCSc1cccc(OCCC2CCCN2C)c1CN. The fourth-order valence-corrected chi connectivity index (χ4v) is 3.67. The molecule has 20 heavy (non-hydrogen) atoms. The van der Waals surface area contributed by atoms with E-state index < -0.39 is 0 Å². The van der Waals surface area contributed by atoms with Crippen molar-refractivity contribution in [3.8, 4) is 5.75 Å². The van der Waals surface area contributed by atoms with Crippen molar-refractivity contribution in [1.82, 2.24) is 4.90 Å². The first kappa shape index (κ1) is 15.7. The van der Waals surface area contributed by atoms with E-state index in [4.69, 9.17) is 10.5 Å². The van der Waals surface area contributed by atoms with Crippen LogP contribution in [0.15, 0.2) is 23.1 Å². The van der Waals surface area contributed by atoms with Gasteiger partial charge >= 0.3 is 0 Å². The summed E-state index contributed by atoms with van der Waals surface area (Å²) in [7, 11) is 2.21. The predicted octanol–water partition coefficient (Wildman–Crippen LogP) is 3.12. The largest absolute Gasteiger partial charge is 0.493 e. The van der Waals surface area contributed by atoms with Crippen molar-refractivity contribution < 1.29 is 4.74 Å². The molecule has 1 aromatic rings. The van der Waals surface area contributed by atoms with E-state index >= 15 is 0 Å². The van der Waals surface area contributed by atoms with Crippen molar-refractivity contribution in [3.05, 3.63) is 23.8 Å². The second-order valence-corrected chi connectivity index (χ2v) is 6.59. The van der Waals surface area contributed by atoms with Crippen molar-refractivity contribution in [2.45, 2.75) is 43.7 Å². The molecule has 1 saturated heterocycles. The molecule has 0 bridgehead atoms. The van der Waals surface area contributed by atoms with Gasteiger partial charge in [0, 0.05) is 23.0 Å². The Balaban J connectivity index is 1.93. The van der Waals surface area contributed by atoms with Crippen LogP contribution in [0.3, 0.4) is 0 Å². The van der Waals surface area contributed by atoms with Crippen LogP contribution >= 0.6 is 11.8 Å². The van der Waals surface area contributed by atoms with Gasteiger partial charge in [-0.15, -0.1) is 11.8 Å². The molecule has 1 fully saturated rings. The number of hydrogen-bond acceptors (Lipinski definition) is 4. The number of hydrogen-bond donors (Lipinski definition) is 1. The number of thioether (sulfide) groups is 1. The van der Waals surface area contributed by atoms with Crippen molar-refractivity contribution in [2.24, 2.45) is 5.73 Å². The Morgan fingerprint density at radius 2 is 2.30 bits per heavy atom. The van der Waals surface area contributed by atoms with Crippen LogP contribution in [-0.2, 0) is 6.54 Å². The molecule has 0 aliphatic carbocycles. The molecule has 1 atom stereocenters.